The van der Waals surface area contributed by atoms with Crippen LogP contribution in [-0.4, -0.2) is 27.8 Å². The summed E-state index contributed by atoms with van der Waals surface area (Å²) in [5.74, 6) is -1.26. The number of aryl methyl sites for hydroxylation is 1. The number of ether oxygens (including phenoxy) is 1. The monoisotopic (exact) mass is 462 g/mol. The Morgan fingerprint density at radius 1 is 1.23 bits per heavy atom. The van der Waals surface area contributed by atoms with Crippen LogP contribution in [0.25, 0.3) is 0 Å². The van der Waals surface area contributed by atoms with E-state index in [1.165, 1.54) is 36.5 Å². The van der Waals surface area contributed by atoms with Crippen molar-refractivity contribution in [2.75, 3.05) is 0 Å². The van der Waals surface area contributed by atoms with E-state index in [9.17, 15) is 19.7 Å². The number of rotatable bonds is 7. The maximum absolute atomic E-state index is 12.5. The van der Waals surface area contributed by atoms with Crippen LogP contribution in [0.15, 0.2) is 57.1 Å². The number of carbonyl (C=O) groups excluding carboxylic acids is 2. The zero-order valence-electron chi connectivity index (χ0n) is 15.8. The number of ketones is 1. The van der Waals surface area contributed by atoms with Crippen LogP contribution in [0.2, 0.25) is 5.02 Å². The fourth-order valence-electron chi connectivity index (χ4n) is 2.51. The number of carbonyl (C=O) groups is 2. The lowest BCUT2D eigenvalue weighted by atomic mass is 10.1. The van der Waals surface area contributed by atoms with Gasteiger partial charge >= 0.3 is 5.97 Å². The van der Waals surface area contributed by atoms with E-state index in [0.29, 0.717) is 19.8 Å². The van der Waals surface area contributed by atoms with Crippen LogP contribution in [0.3, 0.4) is 0 Å². The van der Waals surface area contributed by atoms with Gasteiger partial charge in [-0.15, -0.1) is 11.3 Å². The molecule has 0 bridgehead atoms. The molecule has 0 saturated carbocycles. The Morgan fingerprint density at radius 3 is 2.63 bits per heavy atom. The predicted octanol–water partition coefficient (Wildman–Crippen LogP) is 5.59. The molecule has 2 aromatic carbocycles. The van der Waals surface area contributed by atoms with Crippen molar-refractivity contribution in [2.45, 2.75) is 29.2 Å². The minimum absolute atomic E-state index is 0.0212. The number of aromatic nitrogens is 1. The third-order valence-electron chi connectivity index (χ3n) is 3.95. The topological polar surface area (TPSA) is 99.4 Å². The molecule has 0 N–H and O–H groups in total. The SMILES string of the molecule is Cc1csc(Sc2ccc(C(=O)OC(C)C(=O)c3cccc(Cl)c3)cc2[N+](=O)[O-])n1. The van der Waals surface area contributed by atoms with Gasteiger partial charge in [0.15, 0.2) is 10.4 Å². The third kappa shape index (κ3) is 5.24. The van der Waals surface area contributed by atoms with Crippen molar-refractivity contribution in [2.24, 2.45) is 0 Å². The lowest BCUT2D eigenvalue weighted by Gasteiger charge is -2.13. The quantitative estimate of drug-likeness (QED) is 0.195. The number of nitro benzene ring substituents is 1. The van der Waals surface area contributed by atoms with E-state index in [0.717, 1.165) is 23.5 Å². The Hall–Kier alpha value is -2.75. The largest absolute Gasteiger partial charge is 0.451 e. The van der Waals surface area contributed by atoms with E-state index in [2.05, 4.69) is 4.98 Å². The predicted molar refractivity (Wildman–Crippen MR) is 115 cm³/mol. The second-order valence-electron chi connectivity index (χ2n) is 6.22. The molecule has 30 heavy (non-hydrogen) atoms. The average molecular weight is 463 g/mol. The molecular formula is C20H15ClN2O5S2. The summed E-state index contributed by atoms with van der Waals surface area (Å²) in [7, 11) is 0. The van der Waals surface area contributed by atoms with Crippen LogP contribution in [0.4, 0.5) is 5.69 Å². The molecule has 1 unspecified atom stereocenters. The van der Waals surface area contributed by atoms with Crippen LogP contribution in [0.5, 0.6) is 0 Å². The van der Waals surface area contributed by atoms with Gasteiger partial charge in [0.05, 0.1) is 15.4 Å². The molecule has 1 heterocycles. The lowest BCUT2D eigenvalue weighted by Crippen LogP contribution is -2.24. The Kier molecular flexibility index (Phi) is 6.86. The highest BCUT2D eigenvalue weighted by atomic mass is 35.5. The Morgan fingerprint density at radius 2 is 2.00 bits per heavy atom. The molecule has 0 aliphatic carbocycles. The van der Waals surface area contributed by atoms with E-state index >= 15 is 0 Å². The minimum atomic E-state index is -1.08. The van der Waals surface area contributed by atoms with Crippen molar-refractivity contribution in [1.29, 1.82) is 0 Å². The van der Waals surface area contributed by atoms with Crippen molar-refractivity contribution < 1.29 is 19.2 Å². The molecule has 0 aliphatic rings. The van der Waals surface area contributed by atoms with Gasteiger partial charge < -0.3 is 4.74 Å². The molecular weight excluding hydrogens is 448 g/mol. The fourth-order valence-corrected chi connectivity index (χ4v) is 4.57. The normalized spacial score (nSPS) is 11.7. The minimum Gasteiger partial charge on any atom is -0.451 e. The molecule has 0 saturated heterocycles. The highest BCUT2D eigenvalue weighted by Gasteiger charge is 2.24. The van der Waals surface area contributed by atoms with E-state index in [1.807, 2.05) is 12.3 Å². The van der Waals surface area contributed by atoms with Crippen molar-refractivity contribution in [1.82, 2.24) is 4.98 Å². The zero-order valence-corrected chi connectivity index (χ0v) is 18.2. The summed E-state index contributed by atoms with van der Waals surface area (Å²) in [4.78, 5) is 40.5. The number of hydrogen-bond acceptors (Lipinski definition) is 8. The Labute approximate surface area is 185 Å². The van der Waals surface area contributed by atoms with E-state index in [1.54, 1.807) is 18.2 Å². The number of nitro groups is 1. The summed E-state index contributed by atoms with van der Waals surface area (Å²) in [6.07, 6.45) is -1.08. The molecule has 0 amide bonds. The Bertz CT molecular complexity index is 1130. The number of esters is 1. The van der Waals surface area contributed by atoms with Crippen LogP contribution < -0.4 is 0 Å². The highest BCUT2D eigenvalue weighted by Crippen LogP contribution is 2.37. The second-order valence-corrected chi connectivity index (χ2v) is 8.80. The summed E-state index contributed by atoms with van der Waals surface area (Å²) >= 11 is 8.41. The van der Waals surface area contributed by atoms with E-state index in [4.69, 9.17) is 16.3 Å². The molecule has 1 aromatic heterocycles. The smallest absolute Gasteiger partial charge is 0.339 e. The molecule has 3 aromatic rings. The molecule has 1 atom stereocenters. The maximum Gasteiger partial charge on any atom is 0.339 e. The second kappa shape index (κ2) is 9.38. The van der Waals surface area contributed by atoms with Crippen molar-refractivity contribution in [3.63, 3.8) is 0 Å². The van der Waals surface area contributed by atoms with Crippen LogP contribution in [-0.2, 0) is 4.74 Å². The van der Waals surface area contributed by atoms with Crippen LogP contribution >= 0.6 is 34.7 Å². The van der Waals surface area contributed by atoms with Gasteiger partial charge in [0.25, 0.3) is 5.69 Å². The first kappa shape index (κ1) is 21.9. The zero-order chi connectivity index (χ0) is 21.8. The molecule has 10 heteroatoms. The first-order valence-corrected chi connectivity index (χ1v) is 10.7. The number of hydrogen-bond donors (Lipinski definition) is 0. The van der Waals surface area contributed by atoms with Crippen molar-refractivity contribution in [3.8, 4) is 0 Å². The summed E-state index contributed by atoms with van der Waals surface area (Å²) < 4.78 is 5.88. The first-order valence-electron chi connectivity index (χ1n) is 8.64. The van der Waals surface area contributed by atoms with Gasteiger partial charge in [0.1, 0.15) is 0 Å². The summed E-state index contributed by atoms with van der Waals surface area (Å²) in [6, 6.07) is 10.3. The molecule has 7 nitrogen and oxygen atoms in total. The van der Waals surface area contributed by atoms with Crippen LogP contribution in [0, 0.1) is 17.0 Å². The third-order valence-corrected chi connectivity index (χ3v) is 6.31. The molecule has 0 radical (unpaired) electrons. The molecule has 0 fully saturated rings. The van der Waals surface area contributed by atoms with Gasteiger partial charge in [0, 0.05) is 27.7 Å². The Balaban J connectivity index is 1.77. The highest BCUT2D eigenvalue weighted by molar-refractivity contribution is 8.01. The number of benzene rings is 2. The number of Topliss-reactive ketones (excluding diaryl/α,β-unsaturated/α-hetero) is 1. The summed E-state index contributed by atoms with van der Waals surface area (Å²) in [5.41, 5.74) is 0.867. The number of nitrogens with zero attached hydrogens (tertiary/aromatic N) is 2. The number of thiazole rings is 1. The lowest BCUT2D eigenvalue weighted by molar-refractivity contribution is -0.387. The standard InChI is InChI=1S/C20H15ClN2O5S2/c1-11-10-29-20(22-11)30-17-7-6-14(9-16(17)23(26)27)19(25)28-12(2)18(24)13-4-3-5-15(21)8-13/h3-10,12H,1-2H3. The maximum atomic E-state index is 12.5. The summed E-state index contributed by atoms with van der Waals surface area (Å²) in [6.45, 7) is 3.27. The summed E-state index contributed by atoms with van der Waals surface area (Å²) in [5, 5.41) is 13.7. The van der Waals surface area contributed by atoms with Gasteiger partial charge in [-0.2, -0.15) is 0 Å². The molecule has 0 spiro atoms. The van der Waals surface area contributed by atoms with Crippen molar-refractivity contribution in [3.05, 3.63) is 79.8 Å². The fraction of sp³-hybridized carbons (Fsp3) is 0.150. The van der Waals surface area contributed by atoms with Gasteiger partial charge in [-0.25, -0.2) is 9.78 Å². The van der Waals surface area contributed by atoms with Crippen molar-refractivity contribution >= 4 is 52.1 Å². The number of halogens is 1. The molecule has 154 valence electrons. The van der Waals surface area contributed by atoms with Gasteiger partial charge in [-0.05, 0) is 38.1 Å². The molecule has 0 aliphatic heterocycles. The van der Waals surface area contributed by atoms with Gasteiger partial charge in [-0.1, -0.05) is 35.5 Å². The van der Waals surface area contributed by atoms with E-state index in [-0.39, 0.29) is 11.3 Å². The van der Waals surface area contributed by atoms with Crippen LogP contribution in [0.1, 0.15) is 33.3 Å². The average Bonchev–Trinajstić information content (AvgIpc) is 3.12. The van der Waals surface area contributed by atoms with Gasteiger partial charge in [0.2, 0.25) is 5.78 Å². The van der Waals surface area contributed by atoms with E-state index < -0.39 is 22.8 Å². The first-order chi connectivity index (χ1) is 14.2. The molecule has 3 rings (SSSR count). The van der Waals surface area contributed by atoms with Gasteiger partial charge in [-0.3, -0.25) is 14.9 Å².